The van der Waals surface area contributed by atoms with Gasteiger partial charge in [-0.05, 0) is 30.7 Å². The summed E-state index contributed by atoms with van der Waals surface area (Å²) < 4.78 is 28.2. The van der Waals surface area contributed by atoms with Crippen LogP contribution in [0.5, 0.6) is 0 Å². The summed E-state index contributed by atoms with van der Waals surface area (Å²) in [6, 6.07) is 5.73. The molecule has 1 amide bonds. The van der Waals surface area contributed by atoms with Crippen molar-refractivity contribution in [3.63, 3.8) is 0 Å². The maximum Gasteiger partial charge on any atom is 0.276 e. The van der Waals surface area contributed by atoms with Gasteiger partial charge in [0, 0.05) is 47.4 Å². The lowest BCUT2D eigenvalue weighted by Crippen LogP contribution is -2.55. The zero-order chi connectivity index (χ0) is 19.5. The number of benzene rings is 1. The van der Waals surface area contributed by atoms with Crippen LogP contribution in [0.15, 0.2) is 35.4 Å². The first-order valence-corrected chi connectivity index (χ1v) is 10.6. The second-order valence-electron chi connectivity index (χ2n) is 7.57. The number of sulfonamides is 1. The smallest absolute Gasteiger partial charge is 0.276 e. The highest BCUT2D eigenvalue weighted by atomic mass is 32.2. The third kappa shape index (κ3) is 2.86. The molecule has 0 saturated carbocycles. The summed E-state index contributed by atoms with van der Waals surface area (Å²) in [5, 5.41) is 11.7. The van der Waals surface area contributed by atoms with Gasteiger partial charge < -0.3 is 10.4 Å². The van der Waals surface area contributed by atoms with Gasteiger partial charge in [-0.3, -0.25) is 4.79 Å². The minimum atomic E-state index is -3.71. The average Bonchev–Trinajstić information content (AvgIpc) is 3.48. The molecule has 0 spiro atoms. The molecule has 4 atom stereocenters. The lowest BCUT2D eigenvalue weighted by atomic mass is 9.82. The van der Waals surface area contributed by atoms with Crippen LogP contribution in [0, 0.1) is 16.7 Å². The van der Waals surface area contributed by atoms with Gasteiger partial charge in [0.1, 0.15) is 0 Å². The van der Waals surface area contributed by atoms with Crippen molar-refractivity contribution >= 4 is 21.6 Å². The normalized spacial score (nSPS) is 28.2. The second-order valence-corrected chi connectivity index (χ2v) is 9.41. The van der Waals surface area contributed by atoms with E-state index in [1.165, 1.54) is 24.4 Å². The monoisotopic (exact) mass is 421 g/mol. The number of aromatic nitrogens is 3. The molecule has 5 rings (SSSR count). The number of nitroso groups, excluding NO2 is 1. The maximum absolute atomic E-state index is 13.3. The minimum Gasteiger partial charge on any atom is -0.412 e. The van der Waals surface area contributed by atoms with E-state index < -0.39 is 10.0 Å². The summed E-state index contributed by atoms with van der Waals surface area (Å²) in [5.74, 6) is 0.0570. The Hall–Kier alpha value is -2.70. The summed E-state index contributed by atoms with van der Waals surface area (Å²) in [4.78, 5) is 25.4. The molecule has 4 N–H and O–H groups in total. The molecule has 1 aromatic heterocycles. The van der Waals surface area contributed by atoms with Gasteiger partial charge in [-0.1, -0.05) is 6.07 Å². The zero-order valence-corrected chi connectivity index (χ0v) is 16.2. The van der Waals surface area contributed by atoms with Crippen LogP contribution >= 0.6 is 0 Å². The third-order valence-electron chi connectivity index (χ3n) is 6.26. The second kappa shape index (κ2) is 6.97. The Labute approximate surface area is 166 Å². The molecule has 3 fully saturated rings. The van der Waals surface area contributed by atoms with E-state index in [0.29, 0.717) is 13.1 Å². The van der Waals surface area contributed by atoms with Crippen molar-refractivity contribution in [2.45, 2.75) is 29.8 Å². The fourth-order valence-corrected chi connectivity index (χ4v) is 7.15. The molecular weight excluding hydrogens is 400 g/mol. The standard InChI is InChI=1S/C17H18N6O4S.H2O/c24-17(14-7-18-21-19-14)22-8-12-13(9-22)16-5-4-15(12)23(16)28(26,27)11-3-1-2-10(6-11)20-25;/h1-3,6-7,12-13,15-16H,4-5,8-9H2,(H,18,19,21);1H2/p+1/t12-,13+,15+,16-;. The predicted molar refractivity (Wildman–Crippen MR) is 99.1 cm³/mol. The first-order valence-electron chi connectivity index (χ1n) is 9.17. The summed E-state index contributed by atoms with van der Waals surface area (Å²) in [6.07, 6.45) is 2.98. The van der Waals surface area contributed by atoms with Crippen molar-refractivity contribution in [2.24, 2.45) is 11.8 Å². The largest absolute Gasteiger partial charge is 0.412 e. The van der Waals surface area contributed by atoms with Crippen LogP contribution < -0.4 is 5.18 Å². The SMILES string of the molecule is O.O=[NH+]c1cccc(S(=O)(=O)N2[C@@H]3CC[C@H]2[C@@H]2CN(C(=O)c4cn[nH]n4)C[C@@H]23)c1. The lowest BCUT2D eigenvalue weighted by molar-refractivity contribution is -0.379. The molecule has 2 bridgehead atoms. The number of fused-ring (bicyclic) bond motifs is 5. The van der Waals surface area contributed by atoms with Crippen molar-refractivity contribution in [2.75, 3.05) is 13.1 Å². The van der Waals surface area contributed by atoms with Crippen LogP contribution in [0.4, 0.5) is 5.69 Å². The number of hydrogen-bond donors (Lipinski definition) is 2. The fourth-order valence-electron chi connectivity index (χ4n) is 5.15. The van der Waals surface area contributed by atoms with Gasteiger partial charge >= 0.3 is 0 Å². The Morgan fingerprint density at radius 1 is 1.17 bits per heavy atom. The molecule has 4 heterocycles. The number of hydrogen-bond acceptors (Lipinski definition) is 6. The number of likely N-dealkylation sites (tertiary alicyclic amines) is 1. The number of aromatic amines is 1. The van der Waals surface area contributed by atoms with E-state index in [9.17, 15) is 18.1 Å². The van der Waals surface area contributed by atoms with Gasteiger partial charge in [-0.15, -0.1) is 0 Å². The van der Waals surface area contributed by atoms with Crippen LogP contribution in [0.2, 0.25) is 0 Å². The number of carbonyl (C=O) groups excluding carboxylic acids is 1. The Kier molecular flexibility index (Phi) is 4.71. The van der Waals surface area contributed by atoms with Gasteiger partial charge in [-0.25, -0.2) is 8.42 Å². The number of carbonyl (C=O) groups is 1. The molecule has 3 saturated heterocycles. The van der Waals surface area contributed by atoms with Gasteiger partial charge in [-0.2, -0.15) is 19.7 Å². The van der Waals surface area contributed by atoms with E-state index in [2.05, 4.69) is 15.4 Å². The zero-order valence-electron chi connectivity index (χ0n) is 15.4. The fraction of sp³-hybridized carbons (Fsp3) is 0.471. The van der Waals surface area contributed by atoms with Crippen LogP contribution in [0.25, 0.3) is 0 Å². The highest BCUT2D eigenvalue weighted by Crippen LogP contribution is 2.51. The average molecular weight is 421 g/mol. The molecule has 0 aliphatic carbocycles. The van der Waals surface area contributed by atoms with Gasteiger partial charge in [0.05, 0.1) is 11.1 Å². The van der Waals surface area contributed by atoms with E-state index in [-0.39, 0.29) is 51.6 Å². The van der Waals surface area contributed by atoms with Crippen molar-refractivity contribution < 1.29 is 23.9 Å². The van der Waals surface area contributed by atoms with E-state index in [0.717, 1.165) is 12.8 Å². The highest BCUT2D eigenvalue weighted by molar-refractivity contribution is 7.89. The number of nitrogens with one attached hydrogen (secondary N) is 2. The van der Waals surface area contributed by atoms with Crippen LogP contribution in [-0.4, -0.2) is 69.6 Å². The van der Waals surface area contributed by atoms with Gasteiger partial charge in [0.25, 0.3) is 11.6 Å². The van der Waals surface area contributed by atoms with Crippen molar-refractivity contribution in [3.8, 4) is 0 Å². The van der Waals surface area contributed by atoms with E-state index in [1.54, 1.807) is 20.4 Å². The van der Waals surface area contributed by atoms with Crippen molar-refractivity contribution in [1.29, 1.82) is 0 Å². The molecule has 0 radical (unpaired) electrons. The van der Waals surface area contributed by atoms with Crippen LogP contribution in [0.3, 0.4) is 0 Å². The van der Waals surface area contributed by atoms with E-state index >= 15 is 0 Å². The predicted octanol–water partition coefficient (Wildman–Crippen LogP) is -1.62. The molecule has 154 valence electrons. The van der Waals surface area contributed by atoms with Gasteiger partial charge in [0.2, 0.25) is 10.0 Å². The van der Waals surface area contributed by atoms with E-state index in [1.807, 2.05) is 0 Å². The quantitative estimate of drug-likeness (QED) is 0.603. The number of rotatable bonds is 4. The molecular formula is C17H21N6O5S+. The summed E-state index contributed by atoms with van der Waals surface area (Å²) in [6.45, 7) is 1.04. The molecule has 0 unspecified atom stereocenters. The Morgan fingerprint density at radius 2 is 1.86 bits per heavy atom. The topological polar surface area (TPSA) is 162 Å². The number of amides is 1. The molecule has 12 heteroatoms. The molecule has 29 heavy (non-hydrogen) atoms. The maximum atomic E-state index is 13.3. The first kappa shape index (κ1) is 19.6. The highest BCUT2D eigenvalue weighted by Gasteiger charge is 2.60. The van der Waals surface area contributed by atoms with Crippen LogP contribution in [0.1, 0.15) is 23.3 Å². The van der Waals surface area contributed by atoms with Gasteiger partial charge in [0.15, 0.2) is 5.69 Å². The summed E-state index contributed by atoms with van der Waals surface area (Å²) in [7, 11) is -3.71. The molecule has 2 aromatic rings. The third-order valence-corrected chi connectivity index (χ3v) is 8.21. The van der Waals surface area contributed by atoms with Crippen molar-refractivity contribution in [3.05, 3.63) is 41.1 Å². The molecule has 3 aliphatic heterocycles. The Balaban J connectivity index is 0.00000205. The Bertz CT molecular complexity index is 1020. The lowest BCUT2D eigenvalue weighted by Gasteiger charge is -2.26. The summed E-state index contributed by atoms with van der Waals surface area (Å²) >= 11 is 0. The van der Waals surface area contributed by atoms with Crippen LogP contribution in [-0.2, 0) is 10.0 Å². The minimum absolute atomic E-state index is 0. The molecule has 11 nitrogen and oxygen atoms in total. The Morgan fingerprint density at radius 3 is 2.45 bits per heavy atom. The number of H-pyrrole nitrogens is 1. The molecule has 3 aliphatic rings. The summed E-state index contributed by atoms with van der Waals surface area (Å²) in [5.41, 5.74) is 0.496. The molecule has 1 aromatic carbocycles. The number of nitrogens with zero attached hydrogens (tertiary/aromatic N) is 4. The van der Waals surface area contributed by atoms with Crippen molar-refractivity contribution in [1.82, 2.24) is 24.6 Å². The first-order chi connectivity index (χ1) is 13.5. The van der Waals surface area contributed by atoms with E-state index in [4.69, 9.17) is 0 Å².